The smallest absolute Gasteiger partial charge is 0.428 e. The summed E-state index contributed by atoms with van der Waals surface area (Å²) >= 11 is 5.90. The van der Waals surface area contributed by atoms with Crippen LogP contribution in [0.3, 0.4) is 0 Å². The Bertz CT molecular complexity index is 866. The third kappa shape index (κ3) is 6.92. The predicted molar refractivity (Wildman–Crippen MR) is 109 cm³/mol. The van der Waals surface area contributed by atoms with Crippen molar-refractivity contribution in [2.45, 2.75) is 26.9 Å². The molecule has 0 bridgehead atoms. The molecular formula is C20H22ClN3O4. The van der Waals surface area contributed by atoms with Crippen molar-refractivity contribution in [1.82, 2.24) is 5.43 Å². The van der Waals surface area contributed by atoms with Crippen molar-refractivity contribution in [3.05, 3.63) is 58.6 Å². The molecule has 0 unspecified atom stereocenters. The molecule has 8 heteroatoms. The van der Waals surface area contributed by atoms with Crippen molar-refractivity contribution in [1.29, 1.82) is 0 Å². The lowest BCUT2D eigenvalue weighted by molar-refractivity contribution is -0.115. The highest BCUT2D eigenvalue weighted by molar-refractivity contribution is 6.30. The van der Waals surface area contributed by atoms with Gasteiger partial charge in [0.05, 0.1) is 13.5 Å². The van der Waals surface area contributed by atoms with Crippen molar-refractivity contribution >= 4 is 35.0 Å². The van der Waals surface area contributed by atoms with Crippen molar-refractivity contribution < 1.29 is 19.1 Å². The van der Waals surface area contributed by atoms with Crippen LogP contribution < -0.4 is 15.5 Å². The number of ether oxygens (including phenoxy) is 2. The molecule has 2 aromatic carbocycles. The van der Waals surface area contributed by atoms with Gasteiger partial charge >= 0.3 is 6.09 Å². The summed E-state index contributed by atoms with van der Waals surface area (Å²) < 4.78 is 10.1. The highest BCUT2D eigenvalue weighted by Gasteiger charge is 2.08. The van der Waals surface area contributed by atoms with Gasteiger partial charge in [-0.25, -0.2) is 10.2 Å². The summed E-state index contributed by atoms with van der Waals surface area (Å²) in [6.45, 7) is 3.58. The van der Waals surface area contributed by atoms with E-state index in [2.05, 4.69) is 15.8 Å². The average Bonchev–Trinajstić information content (AvgIpc) is 2.67. The molecule has 0 heterocycles. The van der Waals surface area contributed by atoms with Gasteiger partial charge in [0, 0.05) is 16.4 Å². The van der Waals surface area contributed by atoms with Crippen LogP contribution in [0.5, 0.6) is 5.75 Å². The van der Waals surface area contributed by atoms with Gasteiger partial charge in [-0.1, -0.05) is 23.7 Å². The molecule has 7 nitrogen and oxygen atoms in total. The van der Waals surface area contributed by atoms with Crippen LogP contribution in [0.4, 0.5) is 10.5 Å². The lowest BCUT2D eigenvalue weighted by Crippen LogP contribution is -2.22. The first-order valence-electron chi connectivity index (χ1n) is 8.52. The van der Waals surface area contributed by atoms with Crippen molar-refractivity contribution in [3.8, 4) is 5.75 Å². The third-order valence-electron chi connectivity index (χ3n) is 3.75. The first-order valence-corrected chi connectivity index (χ1v) is 8.90. The summed E-state index contributed by atoms with van der Waals surface area (Å²) in [5.74, 6) is 0.473. The van der Waals surface area contributed by atoms with Crippen molar-refractivity contribution in [2.75, 3.05) is 12.4 Å². The second-order valence-corrected chi connectivity index (χ2v) is 6.50. The van der Waals surface area contributed by atoms with Gasteiger partial charge < -0.3 is 14.8 Å². The molecule has 148 valence electrons. The van der Waals surface area contributed by atoms with Crippen molar-refractivity contribution in [2.24, 2.45) is 5.10 Å². The minimum absolute atomic E-state index is 0.0286. The number of methoxy groups -OCH3 is 1. The zero-order chi connectivity index (χ0) is 20.5. The topological polar surface area (TPSA) is 89.0 Å². The summed E-state index contributed by atoms with van der Waals surface area (Å²) in [5.41, 5.74) is 5.05. The lowest BCUT2D eigenvalue weighted by atomic mass is 10.2. The van der Waals surface area contributed by atoms with E-state index in [1.807, 2.05) is 6.92 Å². The van der Waals surface area contributed by atoms with Crippen LogP contribution in [-0.2, 0) is 16.1 Å². The summed E-state index contributed by atoms with van der Waals surface area (Å²) in [6, 6.07) is 12.3. The van der Waals surface area contributed by atoms with E-state index in [1.165, 1.54) is 0 Å². The van der Waals surface area contributed by atoms with Crippen LogP contribution in [0.25, 0.3) is 0 Å². The Morgan fingerprint density at radius 3 is 2.50 bits per heavy atom. The molecule has 0 aliphatic heterocycles. The van der Waals surface area contributed by atoms with Crippen LogP contribution in [0.1, 0.15) is 24.5 Å². The fourth-order valence-corrected chi connectivity index (χ4v) is 2.50. The van der Waals surface area contributed by atoms with Gasteiger partial charge in [0.15, 0.2) is 0 Å². The molecule has 0 aromatic heterocycles. The quantitative estimate of drug-likeness (QED) is 0.533. The highest BCUT2D eigenvalue weighted by atomic mass is 35.5. The van der Waals surface area contributed by atoms with Crippen LogP contribution >= 0.6 is 11.6 Å². The molecule has 0 saturated heterocycles. The van der Waals surface area contributed by atoms with E-state index in [9.17, 15) is 9.59 Å². The number of nitrogens with zero attached hydrogens (tertiary/aromatic N) is 1. The molecule has 2 amide bonds. The van der Waals surface area contributed by atoms with Crippen LogP contribution in [0.15, 0.2) is 47.6 Å². The van der Waals surface area contributed by atoms with Gasteiger partial charge in [0.1, 0.15) is 12.4 Å². The monoisotopic (exact) mass is 403 g/mol. The van der Waals surface area contributed by atoms with E-state index in [-0.39, 0.29) is 18.9 Å². The van der Waals surface area contributed by atoms with Gasteiger partial charge in [0.25, 0.3) is 0 Å². The number of anilines is 1. The number of hydrazone groups is 1. The molecule has 28 heavy (non-hydrogen) atoms. The molecule has 0 spiro atoms. The van der Waals surface area contributed by atoms with Crippen LogP contribution in [-0.4, -0.2) is 24.8 Å². The van der Waals surface area contributed by atoms with Gasteiger partial charge in [-0.3, -0.25) is 4.79 Å². The molecule has 0 radical (unpaired) electrons. The third-order valence-corrected chi connectivity index (χ3v) is 3.98. The van der Waals surface area contributed by atoms with E-state index in [4.69, 9.17) is 21.1 Å². The maximum Gasteiger partial charge on any atom is 0.428 e. The molecule has 0 fully saturated rings. The summed E-state index contributed by atoms with van der Waals surface area (Å²) in [7, 11) is 1.58. The van der Waals surface area contributed by atoms with Gasteiger partial charge in [-0.15, -0.1) is 0 Å². The molecule has 0 atom stereocenters. The standard InChI is InChI=1S/C20H22ClN3O4/c1-13-10-16(21)6-9-18(13)22-19(25)11-14(2)23-24-20(26)28-12-15-4-7-17(27-3)8-5-15/h4-10H,11-12H2,1-3H3,(H,22,25)(H,24,26)/b23-14+. The molecule has 0 aliphatic carbocycles. The number of amides is 2. The zero-order valence-electron chi connectivity index (χ0n) is 15.9. The zero-order valence-corrected chi connectivity index (χ0v) is 16.7. The maximum atomic E-state index is 12.1. The fourth-order valence-electron chi connectivity index (χ4n) is 2.28. The molecular weight excluding hydrogens is 382 g/mol. The summed E-state index contributed by atoms with van der Waals surface area (Å²) in [4.78, 5) is 23.8. The van der Waals surface area contributed by atoms with Crippen LogP contribution in [0, 0.1) is 6.92 Å². The fraction of sp³-hybridized carbons (Fsp3) is 0.250. The highest BCUT2D eigenvalue weighted by Crippen LogP contribution is 2.19. The second-order valence-electron chi connectivity index (χ2n) is 6.07. The lowest BCUT2D eigenvalue weighted by Gasteiger charge is -2.09. The summed E-state index contributed by atoms with van der Waals surface area (Å²) in [5, 5.41) is 7.25. The van der Waals surface area contributed by atoms with Gasteiger partial charge in [-0.2, -0.15) is 5.10 Å². The first-order chi connectivity index (χ1) is 13.4. The van der Waals surface area contributed by atoms with E-state index >= 15 is 0 Å². The number of carbonyl (C=O) groups is 2. The molecule has 2 rings (SSSR count). The van der Waals surface area contributed by atoms with E-state index in [0.717, 1.165) is 16.9 Å². The van der Waals surface area contributed by atoms with Gasteiger partial charge in [0.2, 0.25) is 5.91 Å². The Kier molecular flexibility index (Phi) is 7.83. The average molecular weight is 404 g/mol. The number of hydrogen-bond donors (Lipinski definition) is 2. The van der Waals surface area contributed by atoms with Crippen molar-refractivity contribution in [3.63, 3.8) is 0 Å². The summed E-state index contributed by atoms with van der Waals surface area (Å²) in [6.07, 6.45) is -0.676. The SMILES string of the molecule is COc1ccc(COC(=O)N/N=C(\C)CC(=O)Nc2ccc(Cl)cc2C)cc1. The minimum atomic E-state index is -0.705. The minimum Gasteiger partial charge on any atom is -0.497 e. The van der Waals surface area contributed by atoms with E-state index in [1.54, 1.807) is 56.5 Å². The predicted octanol–water partition coefficient (Wildman–Crippen LogP) is 4.29. The molecule has 2 aromatic rings. The molecule has 2 N–H and O–H groups in total. The second kappa shape index (κ2) is 10.3. The number of halogens is 1. The number of aryl methyl sites for hydroxylation is 1. The van der Waals surface area contributed by atoms with E-state index in [0.29, 0.717) is 16.4 Å². The number of nitrogens with one attached hydrogen (secondary N) is 2. The Labute approximate surface area is 168 Å². The Morgan fingerprint density at radius 2 is 1.86 bits per heavy atom. The Morgan fingerprint density at radius 1 is 1.14 bits per heavy atom. The maximum absolute atomic E-state index is 12.1. The number of carbonyl (C=O) groups excluding carboxylic acids is 2. The van der Waals surface area contributed by atoms with E-state index < -0.39 is 6.09 Å². The Balaban J connectivity index is 1.77. The Hall–Kier alpha value is -3.06. The first kappa shape index (κ1) is 21.2. The van der Waals surface area contributed by atoms with Gasteiger partial charge in [-0.05, 0) is 55.3 Å². The normalized spacial score (nSPS) is 10.9. The molecule has 0 aliphatic rings. The number of benzene rings is 2. The van der Waals surface area contributed by atoms with Crippen LogP contribution in [0.2, 0.25) is 5.02 Å². The number of hydrogen-bond acceptors (Lipinski definition) is 5. The largest absolute Gasteiger partial charge is 0.497 e. The number of rotatable bonds is 7. The molecule has 0 saturated carbocycles.